The third kappa shape index (κ3) is 116. The normalized spacial score (nSPS) is 11.1. The second kappa shape index (κ2) is 20.6. The van der Waals surface area contributed by atoms with Crippen LogP contribution in [0.1, 0.15) is 7.43 Å². The van der Waals surface area contributed by atoms with Gasteiger partial charge < -0.3 is 11.0 Å². The SMILES string of the molecule is C.O=S(=O)(O)O.O=[S](O)(=[Ba])OO.S.[Ba+2].[OH-].[OH-]. The summed E-state index contributed by atoms with van der Waals surface area (Å²) < 4.78 is 49.2. The monoisotopic (exact) mass is 556 g/mol. The Bertz CT molecular complexity index is 271. The molecule has 0 saturated carbocycles. The summed E-state index contributed by atoms with van der Waals surface area (Å²) in [5, 5.41) is 7.43. The number of hydrogen-bond acceptors (Lipinski definition) is 7. The zero-order valence-corrected chi connectivity index (χ0v) is 18.6. The molecule has 0 aliphatic heterocycles. The van der Waals surface area contributed by atoms with E-state index in [-0.39, 0.29) is 80.8 Å². The summed E-state index contributed by atoms with van der Waals surface area (Å²) in [4.78, 5) is 0. The summed E-state index contributed by atoms with van der Waals surface area (Å²) in [6, 6.07) is 0. The molecule has 0 bridgehead atoms. The van der Waals surface area contributed by atoms with E-state index in [9.17, 15) is 4.21 Å². The molecule has 16 heavy (non-hydrogen) atoms. The molecule has 0 amide bonds. The fraction of sp³-hybridized carbons (Fsp3) is 1.00. The molecule has 1 atom stereocenters. The van der Waals surface area contributed by atoms with Crippen LogP contribution in [0.2, 0.25) is 0 Å². The molecule has 6 N–H and O–H groups in total. The van der Waals surface area contributed by atoms with Crippen molar-refractivity contribution in [2.75, 3.05) is 0 Å². The van der Waals surface area contributed by atoms with Crippen molar-refractivity contribution in [3.05, 3.63) is 0 Å². The van der Waals surface area contributed by atoms with Crippen molar-refractivity contribution in [3.8, 4) is 0 Å². The largest absolute Gasteiger partial charge is 2.00 e. The van der Waals surface area contributed by atoms with Crippen molar-refractivity contribution in [1.82, 2.24) is 0 Å². The predicted octanol–water partition coefficient (Wildman–Crippen LogP) is -1.41. The van der Waals surface area contributed by atoms with Crippen LogP contribution in [-0.4, -0.2) is 135 Å². The second-order valence-corrected chi connectivity index (χ2v) is 10.2. The molecule has 15 heteroatoms. The molecule has 0 aromatic carbocycles. The Labute approximate surface area is 169 Å². The van der Waals surface area contributed by atoms with Crippen molar-refractivity contribution in [1.29, 1.82) is 0 Å². The van der Waals surface area contributed by atoms with Gasteiger partial charge in [-0.3, -0.25) is 9.11 Å². The van der Waals surface area contributed by atoms with Gasteiger partial charge in [0.15, 0.2) is 0 Å². The molecule has 1 unspecified atom stereocenters. The van der Waals surface area contributed by atoms with Crippen LogP contribution < -0.4 is 0 Å². The van der Waals surface area contributed by atoms with Crippen molar-refractivity contribution in [2.45, 2.75) is 7.43 Å². The van der Waals surface area contributed by atoms with Gasteiger partial charge in [-0.2, -0.15) is 21.9 Å². The molecule has 0 radical (unpaired) electrons. The molecular weight excluding hydrogens is 543 g/mol. The van der Waals surface area contributed by atoms with Gasteiger partial charge in [0.05, 0.1) is 0 Å². The van der Waals surface area contributed by atoms with E-state index >= 15 is 0 Å². The number of rotatable bonds is 1. The first-order valence-electron chi connectivity index (χ1n) is 1.69. The van der Waals surface area contributed by atoms with E-state index in [4.69, 9.17) is 27.3 Å². The van der Waals surface area contributed by atoms with E-state index in [1.54, 1.807) is 0 Å². The zero-order valence-electron chi connectivity index (χ0n) is 7.05. The molecule has 0 heterocycles. The maximum Gasteiger partial charge on any atom is 2.00 e. The third-order valence-electron chi connectivity index (χ3n) is 0.116. The van der Waals surface area contributed by atoms with Gasteiger partial charge in [0.25, 0.3) is 0 Å². The summed E-state index contributed by atoms with van der Waals surface area (Å²) in [5.74, 6) is 0. The molecule has 0 rings (SSSR count). The van der Waals surface area contributed by atoms with E-state index in [1.165, 1.54) is 0 Å². The van der Waals surface area contributed by atoms with Crippen molar-refractivity contribution < 1.29 is 46.8 Å². The van der Waals surface area contributed by atoms with Gasteiger partial charge in [0.2, 0.25) is 0 Å². The molecule has 10 nitrogen and oxygen atoms in total. The molecule has 98 valence electrons. The van der Waals surface area contributed by atoms with Crippen LogP contribution in [0.25, 0.3) is 0 Å². The molecule has 0 fully saturated rings. The molecule has 0 saturated heterocycles. The van der Waals surface area contributed by atoms with Gasteiger partial charge >= 0.3 is 124 Å². The standard InChI is InChI=1S/CH4.2Ba.2H2O4S.2H2O.H2S/c;;;1-5(2,3)4;1-4-5(2)3;;;/h1H4;;;(H2,1,2,3,4);1H,(H,2,3);3*1H2/q;;+2;;;;;/p-2. The van der Waals surface area contributed by atoms with Crippen LogP contribution in [0.15, 0.2) is 0 Å². The maximum absolute atomic E-state index is 9.73. The van der Waals surface area contributed by atoms with Crippen LogP contribution in [-0.2, 0) is 17.0 Å². The van der Waals surface area contributed by atoms with E-state index in [0.29, 0.717) is 0 Å². The Hall–Kier alpha value is 3.31. The maximum atomic E-state index is 9.73. The zero-order chi connectivity index (χ0) is 9.71. The van der Waals surface area contributed by atoms with Gasteiger partial charge in [0.1, 0.15) is 0 Å². The van der Waals surface area contributed by atoms with Crippen LogP contribution in [0.3, 0.4) is 0 Å². The Morgan fingerprint density at radius 1 is 1.00 bits per heavy atom. The summed E-state index contributed by atoms with van der Waals surface area (Å²) in [5.41, 5.74) is 0. The van der Waals surface area contributed by atoms with Gasteiger partial charge in [-0.1, -0.05) is 7.43 Å². The van der Waals surface area contributed by atoms with E-state index in [0.717, 1.165) is 0 Å². The minimum atomic E-state index is -4.67. The van der Waals surface area contributed by atoms with Crippen LogP contribution in [0, 0.1) is 0 Å². The van der Waals surface area contributed by atoms with E-state index in [1.807, 2.05) is 0 Å². The molecule has 0 aliphatic carbocycles. The Kier molecular flexibility index (Phi) is 55.1. The quantitative estimate of drug-likeness (QED) is 0.129. The fourth-order valence-electron chi connectivity index (χ4n) is 0. The van der Waals surface area contributed by atoms with Crippen LogP contribution >= 0.6 is 13.5 Å². The fourth-order valence-corrected chi connectivity index (χ4v) is 0. The topological polar surface area (TPSA) is 201 Å². The van der Waals surface area contributed by atoms with E-state index < -0.39 is 56.3 Å². The Morgan fingerprint density at radius 2 is 1.06 bits per heavy atom. The first-order valence-corrected chi connectivity index (χ1v) is 10.1. The van der Waals surface area contributed by atoms with Gasteiger partial charge in [-0.25, -0.2) is 0 Å². The summed E-state index contributed by atoms with van der Waals surface area (Å²) in [6.45, 7) is 0. The average molecular weight is 555 g/mol. The van der Waals surface area contributed by atoms with Crippen molar-refractivity contribution in [2.24, 2.45) is 0 Å². The average Bonchev–Trinajstić information content (AvgIpc) is 1.59. The Morgan fingerprint density at radius 3 is 1.06 bits per heavy atom. The molecule has 0 aliphatic rings. The van der Waals surface area contributed by atoms with Gasteiger partial charge in [0, 0.05) is 0 Å². The van der Waals surface area contributed by atoms with Crippen molar-refractivity contribution in [3.63, 3.8) is 0 Å². The summed E-state index contributed by atoms with van der Waals surface area (Å²) in [6.07, 6.45) is 0. The smallest absolute Gasteiger partial charge is 0.870 e. The second-order valence-electron chi connectivity index (χ2n) is 1.10. The molecule has 0 spiro atoms. The predicted molar refractivity (Wildman–Crippen MR) is 61.2 cm³/mol. The Balaban J connectivity index is -0.0000000155. The molecule has 0 aromatic rings. The van der Waals surface area contributed by atoms with Crippen LogP contribution in [0.4, 0.5) is 0 Å². The summed E-state index contributed by atoms with van der Waals surface area (Å²) in [7, 11) is -4.67. The summed E-state index contributed by atoms with van der Waals surface area (Å²) >= 11 is -0.426. The van der Waals surface area contributed by atoms with Crippen molar-refractivity contribution >= 4 is 119 Å². The minimum Gasteiger partial charge on any atom is -0.870 e. The van der Waals surface area contributed by atoms with Gasteiger partial charge in [-0.05, 0) is 0 Å². The molecular formula is CH12Ba2O10S3. The third-order valence-corrected chi connectivity index (χ3v) is 1.34. The van der Waals surface area contributed by atoms with Gasteiger partial charge in [-0.15, -0.1) is 0 Å². The number of hydrogen-bond donors (Lipinski definition) is 4. The first kappa shape index (κ1) is 42.7. The molecule has 0 aromatic heterocycles. The van der Waals surface area contributed by atoms with Crippen LogP contribution in [0.5, 0.6) is 0 Å². The van der Waals surface area contributed by atoms with E-state index in [2.05, 4.69) is 4.33 Å². The first-order chi connectivity index (χ1) is 4.56. The minimum absolute atomic E-state index is 0.